The lowest BCUT2D eigenvalue weighted by atomic mass is 10.1. The SMILES string of the molecule is COCCNCCCN(C)Cc1ccc(C)cc1. The zero-order valence-corrected chi connectivity index (χ0v) is 11.9. The molecule has 1 N–H and O–H groups in total. The van der Waals surface area contributed by atoms with Crippen LogP contribution in [0.4, 0.5) is 0 Å². The predicted molar refractivity (Wildman–Crippen MR) is 76.9 cm³/mol. The molecule has 18 heavy (non-hydrogen) atoms. The Labute approximate surface area is 111 Å². The monoisotopic (exact) mass is 250 g/mol. The third-order valence-corrected chi connectivity index (χ3v) is 2.95. The molecular weight excluding hydrogens is 224 g/mol. The first-order valence-corrected chi connectivity index (χ1v) is 6.66. The molecule has 0 aliphatic rings. The van der Waals surface area contributed by atoms with Crippen LogP contribution in [-0.4, -0.2) is 45.3 Å². The number of nitrogens with one attached hydrogen (secondary N) is 1. The summed E-state index contributed by atoms with van der Waals surface area (Å²) in [6.07, 6.45) is 1.17. The van der Waals surface area contributed by atoms with Gasteiger partial charge in [-0.05, 0) is 39.0 Å². The fraction of sp³-hybridized carbons (Fsp3) is 0.600. The molecule has 0 bridgehead atoms. The van der Waals surface area contributed by atoms with Gasteiger partial charge in [-0.2, -0.15) is 0 Å². The Kier molecular flexibility index (Phi) is 7.65. The summed E-state index contributed by atoms with van der Waals surface area (Å²) >= 11 is 0. The lowest BCUT2D eigenvalue weighted by Gasteiger charge is -2.16. The number of rotatable bonds is 9. The van der Waals surface area contributed by atoms with E-state index in [1.54, 1.807) is 7.11 Å². The molecule has 0 atom stereocenters. The van der Waals surface area contributed by atoms with E-state index in [2.05, 4.69) is 48.5 Å². The van der Waals surface area contributed by atoms with E-state index in [1.807, 2.05) is 0 Å². The van der Waals surface area contributed by atoms with E-state index in [1.165, 1.54) is 17.5 Å². The highest BCUT2D eigenvalue weighted by Crippen LogP contribution is 2.05. The first-order chi connectivity index (χ1) is 8.72. The van der Waals surface area contributed by atoms with E-state index in [0.29, 0.717) is 0 Å². The molecule has 0 unspecified atom stereocenters. The van der Waals surface area contributed by atoms with Gasteiger partial charge in [-0.15, -0.1) is 0 Å². The molecule has 0 aliphatic carbocycles. The molecule has 0 saturated heterocycles. The molecule has 0 saturated carbocycles. The van der Waals surface area contributed by atoms with Crippen LogP contribution in [0.15, 0.2) is 24.3 Å². The molecule has 1 aromatic rings. The van der Waals surface area contributed by atoms with Crippen LogP contribution in [0.25, 0.3) is 0 Å². The molecule has 3 heteroatoms. The Morgan fingerprint density at radius 2 is 1.89 bits per heavy atom. The highest BCUT2D eigenvalue weighted by Gasteiger charge is 1.99. The van der Waals surface area contributed by atoms with Crippen molar-refractivity contribution in [1.82, 2.24) is 10.2 Å². The van der Waals surface area contributed by atoms with Gasteiger partial charge in [-0.3, -0.25) is 0 Å². The van der Waals surface area contributed by atoms with Gasteiger partial charge in [0, 0.05) is 20.2 Å². The van der Waals surface area contributed by atoms with Crippen molar-refractivity contribution in [3.05, 3.63) is 35.4 Å². The predicted octanol–water partition coefficient (Wildman–Crippen LogP) is 2.05. The van der Waals surface area contributed by atoms with Gasteiger partial charge in [-0.25, -0.2) is 0 Å². The zero-order chi connectivity index (χ0) is 13.2. The first-order valence-electron chi connectivity index (χ1n) is 6.66. The maximum Gasteiger partial charge on any atom is 0.0587 e. The van der Waals surface area contributed by atoms with Gasteiger partial charge < -0.3 is 15.0 Å². The molecule has 0 aromatic heterocycles. The Hall–Kier alpha value is -0.900. The summed E-state index contributed by atoms with van der Waals surface area (Å²) in [4.78, 5) is 2.36. The van der Waals surface area contributed by atoms with Gasteiger partial charge in [0.2, 0.25) is 0 Å². The number of ether oxygens (including phenoxy) is 1. The molecule has 1 aromatic carbocycles. The fourth-order valence-electron chi connectivity index (χ4n) is 1.86. The van der Waals surface area contributed by atoms with E-state index in [4.69, 9.17) is 4.74 Å². The summed E-state index contributed by atoms with van der Waals surface area (Å²) in [5, 5.41) is 3.36. The lowest BCUT2D eigenvalue weighted by molar-refractivity contribution is 0.198. The van der Waals surface area contributed by atoms with Crippen LogP contribution in [0.2, 0.25) is 0 Å². The van der Waals surface area contributed by atoms with Crippen molar-refractivity contribution in [3.63, 3.8) is 0 Å². The molecule has 0 amide bonds. The van der Waals surface area contributed by atoms with Crippen molar-refractivity contribution in [2.75, 3.05) is 40.4 Å². The quantitative estimate of drug-likeness (QED) is 0.679. The zero-order valence-electron chi connectivity index (χ0n) is 11.9. The molecule has 0 radical (unpaired) electrons. The van der Waals surface area contributed by atoms with Gasteiger partial charge in [0.05, 0.1) is 6.61 Å². The van der Waals surface area contributed by atoms with Gasteiger partial charge in [0.1, 0.15) is 0 Å². The van der Waals surface area contributed by atoms with E-state index >= 15 is 0 Å². The molecule has 3 nitrogen and oxygen atoms in total. The van der Waals surface area contributed by atoms with E-state index in [9.17, 15) is 0 Å². The topological polar surface area (TPSA) is 24.5 Å². The molecule has 1 rings (SSSR count). The van der Waals surface area contributed by atoms with Gasteiger partial charge in [0.15, 0.2) is 0 Å². The normalized spacial score (nSPS) is 11.1. The van der Waals surface area contributed by atoms with Crippen LogP contribution >= 0.6 is 0 Å². The summed E-state index contributed by atoms with van der Waals surface area (Å²) in [5.74, 6) is 0. The fourth-order valence-corrected chi connectivity index (χ4v) is 1.86. The van der Waals surface area contributed by atoms with Gasteiger partial charge in [0.25, 0.3) is 0 Å². The third kappa shape index (κ3) is 6.74. The second-order valence-corrected chi connectivity index (χ2v) is 4.82. The summed E-state index contributed by atoms with van der Waals surface area (Å²) in [7, 11) is 3.91. The van der Waals surface area contributed by atoms with E-state index < -0.39 is 0 Å². The number of methoxy groups -OCH3 is 1. The second kappa shape index (κ2) is 9.09. The summed E-state index contributed by atoms with van der Waals surface area (Å²) in [6, 6.07) is 8.77. The minimum Gasteiger partial charge on any atom is -0.383 e. The number of hydrogen-bond donors (Lipinski definition) is 1. The number of benzene rings is 1. The summed E-state index contributed by atoms with van der Waals surface area (Å²) in [5.41, 5.74) is 2.71. The molecule has 0 fully saturated rings. The highest BCUT2D eigenvalue weighted by atomic mass is 16.5. The third-order valence-electron chi connectivity index (χ3n) is 2.95. The van der Waals surface area contributed by atoms with Crippen molar-refractivity contribution in [2.45, 2.75) is 19.9 Å². The van der Waals surface area contributed by atoms with Crippen molar-refractivity contribution in [2.24, 2.45) is 0 Å². The molecular formula is C15H26N2O. The Balaban J connectivity index is 2.10. The average Bonchev–Trinajstić information content (AvgIpc) is 2.36. The van der Waals surface area contributed by atoms with Crippen LogP contribution in [0.3, 0.4) is 0 Å². The van der Waals surface area contributed by atoms with Crippen LogP contribution in [-0.2, 0) is 11.3 Å². The second-order valence-electron chi connectivity index (χ2n) is 4.82. The Morgan fingerprint density at radius 3 is 2.56 bits per heavy atom. The van der Waals surface area contributed by atoms with Crippen molar-refractivity contribution < 1.29 is 4.74 Å². The van der Waals surface area contributed by atoms with E-state index in [0.717, 1.165) is 32.8 Å². The van der Waals surface area contributed by atoms with Crippen molar-refractivity contribution in [3.8, 4) is 0 Å². The van der Waals surface area contributed by atoms with Crippen molar-refractivity contribution >= 4 is 0 Å². The maximum atomic E-state index is 4.99. The Bertz CT molecular complexity index is 311. The molecule has 0 spiro atoms. The lowest BCUT2D eigenvalue weighted by Crippen LogP contribution is -2.25. The molecule has 102 valence electrons. The number of nitrogens with zero attached hydrogens (tertiary/aromatic N) is 1. The minimum atomic E-state index is 0.791. The smallest absolute Gasteiger partial charge is 0.0587 e. The summed E-state index contributed by atoms with van der Waals surface area (Å²) in [6.45, 7) is 7.06. The maximum absolute atomic E-state index is 4.99. The standard InChI is InChI=1S/C15H26N2O/c1-14-5-7-15(8-6-14)13-17(2)11-4-9-16-10-12-18-3/h5-8,16H,4,9-13H2,1-3H3. The first kappa shape index (κ1) is 15.2. The number of hydrogen-bond acceptors (Lipinski definition) is 3. The summed E-state index contributed by atoms with van der Waals surface area (Å²) < 4.78 is 4.99. The van der Waals surface area contributed by atoms with Crippen LogP contribution in [0.5, 0.6) is 0 Å². The van der Waals surface area contributed by atoms with E-state index in [-0.39, 0.29) is 0 Å². The van der Waals surface area contributed by atoms with Gasteiger partial charge >= 0.3 is 0 Å². The highest BCUT2D eigenvalue weighted by molar-refractivity contribution is 5.21. The molecule has 0 heterocycles. The van der Waals surface area contributed by atoms with Crippen LogP contribution in [0.1, 0.15) is 17.5 Å². The van der Waals surface area contributed by atoms with Crippen molar-refractivity contribution in [1.29, 1.82) is 0 Å². The van der Waals surface area contributed by atoms with Crippen LogP contribution < -0.4 is 5.32 Å². The largest absolute Gasteiger partial charge is 0.383 e. The minimum absolute atomic E-state index is 0.791. The molecule has 0 aliphatic heterocycles. The Morgan fingerprint density at radius 1 is 1.17 bits per heavy atom. The number of aryl methyl sites for hydroxylation is 1. The van der Waals surface area contributed by atoms with Crippen LogP contribution in [0, 0.1) is 6.92 Å². The average molecular weight is 250 g/mol. The van der Waals surface area contributed by atoms with Gasteiger partial charge in [-0.1, -0.05) is 29.8 Å².